The SMILES string of the molecule is O=C1CCC(N2C(=O)c3ccc(N4CCN(C5CN(c6ncc(C(=O)Nc7ccc(OC(F)(F)Cl)cc7)cc6-c6ccn[nH]6)C5)CC4)cc3C2=O)C(=O)N1. The molecule has 4 aromatic rings. The second-order valence-electron chi connectivity index (χ2n) is 13.4. The van der Waals surface area contributed by atoms with Crippen LogP contribution in [0.1, 0.15) is 43.9 Å². The Labute approximate surface area is 311 Å². The van der Waals surface area contributed by atoms with Crippen molar-refractivity contribution in [3.63, 3.8) is 0 Å². The lowest BCUT2D eigenvalue weighted by atomic mass is 10.0. The average Bonchev–Trinajstić information content (AvgIpc) is 3.75. The number of alkyl halides is 3. The summed E-state index contributed by atoms with van der Waals surface area (Å²) in [4.78, 5) is 76.0. The molecule has 0 spiro atoms. The van der Waals surface area contributed by atoms with Crippen molar-refractivity contribution in [1.29, 1.82) is 0 Å². The number of amides is 5. The second kappa shape index (κ2) is 13.8. The molecular formula is C36H32ClF2N9O6. The molecule has 2 aromatic carbocycles. The standard InChI is InChI=1S/C36H32ClF2N9O6/c37-36(38,39)54-24-4-1-21(2-5-24)42-32(50)20-15-27(28-9-10-41-44-28)31(40-17-20)47-18-23(19-47)46-13-11-45(12-14-46)22-3-6-25-26(16-22)35(53)48(34(25)52)29-7-8-30(49)43-33(29)51/h1-6,9-10,15-17,23,29H,7-8,11-14,18-19H2,(H,41,44)(H,42,50)(H,43,49,51). The van der Waals surface area contributed by atoms with Crippen LogP contribution < -0.4 is 25.2 Å². The fraction of sp³-hybridized carbons (Fsp3) is 0.306. The minimum atomic E-state index is -3.85. The Hall–Kier alpha value is -5.94. The van der Waals surface area contributed by atoms with E-state index in [9.17, 15) is 32.8 Å². The zero-order chi connectivity index (χ0) is 37.7. The first-order valence-electron chi connectivity index (χ1n) is 17.2. The summed E-state index contributed by atoms with van der Waals surface area (Å²) in [5, 5.41) is 12.0. The van der Waals surface area contributed by atoms with Crippen molar-refractivity contribution >= 4 is 58.3 Å². The Kier molecular flexibility index (Phi) is 8.97. The molecule has 2 aromatic heterocycles. The number of hydrogen-bond acceptors (Lipinski definition) is 11. The number of benzene rings is 2. The van der Waals surface area contributed by atoms with Crippen LogP contribution in [0.15, 0.2) is 67.0 Å². The smallest absolute Gasteiger partial charge is 0.420 e. The van der Waals surface area contributed by atoms with Gasteiger partial charge in [-0.05, 0) is 61.0 Å². The third-order valence-corrected chi connectivity index (χ3v) is 10.1. The van der Waals surface area contributed by atoms with Crippen LogP contribution in [0.3, 0.4) is 0 Å². The summed E-state index contributed by atoms with van der Waals surface area (Å²) in [7, 11) is 0. The van der Waals surface area contributed by atoms with Gasteiger partial charge in [0.2, 0.25) is 11.8 Å². The first-order valence-corrected chi connectivity index (χ1v) is 17.6. The molecule has 15 nitrogen and oxygen atoms in total. The number of piperazine rings is 1. The predicted molar refractivity (Wildman–Crippen MR) is 191 cm³/mol. The summed E-state index contributed by atoms with van der Waals surface area (Å²) in [5.74, 6) is -2.03. The van der Waals surface area contributed by atoms with E-state index in [-0.39, 0.29) is 41.3 Å². The van der Waals surface area contributed by atoms with Crippen LogP contribution in [0.2, 0.25) is 0 Å². The first-order chi connectivity index (χ1) is 25.9. The summed E-state index contributed by atoms with van der Waals surface area (Å²) in [6.45, 7) is 4.36. The van der Waals surface area contributed by atoms with Crippen LogP contribution in [0.25, 0.3) is 11.3 Å². The number of imide groups is 2. The van der Waals surface area contributed by atoms with Gasteiger partial charge in [0.1, 0.15) is 17.6 Å². The molecule has 6 heterocycles. The van der Waals surface area contributed by atoms with Gasteiger partial charge in [-0.3, -0.25) is 44.2 Å². The molecule has 278 valence electrons. The molecule has 5 amide bonds. The van der Waals surface area contributed by atoms with E-state index in [4.69, 9.17) is 11.6 Å². The largest absolute Gasteiger partial charge is 0.487 e. The fourth-order valence-corrected chi connectivity index (χ4v) is 7.33. The summed E-state index contributed by atoms with van der Waals surface area (Å²) in [5.41, 5.74) is -0.514. The van der Waals surface area contributed by atoms with Crippen molar-refractivity contribution in [3.05, 3.63) is 83.7 Å². The molecule has 1 atom stereocenters. The number of piperidine rings is 1. The Morgan fingerprint density at radius 1 is 0.907 bits per heavy atom. The molecule has 3 fully saturated rings. The summed E-state index contributed by atoms with van der Waals surface area (Å²) < 4.78 is 30.2. The highest BCUT2D eigenvalue weighted by atomic mass is 35.5. The second-order valence-corrected chi connectivity index (χ2v) is 13.8. The number of nitrogens with zero attached hydrogens (tertiary/aromatic N) is 6. The zero-order valence-corrected chi connectivity index (χ0v) is 29.2. The summed E-state index contributed by atoms with van der Waals surface area (Å²) in [6.07, 6.45) is 3.26. The summed E-state index contributed by atoms with van der Waals surface area (Å²) in [6, 6.07) is 13.3. The van der Waals surface area contributed by atoms with Gasteiger partial charge in [0, 0.05) is 92.7 Å². The van der Waals surface area contributed by atoms with E-state index in [2.05, 4.69) is 45.3 Å². The number of hydrogen-bond donors (Lipinski definition) is 3. The van der Waals surface area contributed by atoms with E-state index >= 15 is 0 Å². The van der Waals surface area contributed by atoms with E-state index in [1.165, 1.54) is 30.5 Å². The Bertz CT molecular complexity index is 2150. The van der Waals surface area contributed by atoms with Gasteiger partial charge in [-0.15, -0.1) is 8.78 Å². The van der Waals surface area contributed by atoms with Crippen molar-refractivity contribution < 1.29 is 37.5 Å². The summed E-state index contributed by atoms with van der Waals surface area (Å²) >= 11 is 4.82. The van der Waals surface area contributed by atoms with E-state index in [0.717, 1.165) is 23.7 Å². The molecule has 4 aliphatic heterocycles. The van der Waals surface area contributed by atoms with Crippen molar-refractivity contribution in [1.82, 2.24) is 30.3 Å². The normalized spacial score (nSPS) is 19.5. The van der Waals surface area contributed by atoms with Gasteiger partial charge in [0.05, 0.1) is 22.4 Å². The number of carbonyl (C=O) groups excluding carboxylic acids is 5. The Morgan fingerprint density at radius 2 is 1.65 bits per heavy atom. The van der Waals surface area contributed by atoms with Crippen molar-refractivity contribution in [2.24, 2.45) is 0 Å². The van der Waals surface area contributed by atoms with E-state index in [1.807, 2.05) is 6.07 Å². The van der Waals surface area contributed by atoms with Crippen LogP contribution in [0.5, 0.6) is 5.75 Å². The van der Waals surface area contributed by atoms with Crippen molar-refractivity contribution in [3.8, 4) is 17.0 Å². The quantitative estimate of drug-likeness (QED) is 0.169. The highest BCUT2D eigenvalue weighted by Crippen LogP contribution is 2.35. The highest BCUT2D eigenvalue weighted by molar-refractivity contribution is 6.24. The lowest BCUT2D eigenvalue weighted by Crippen LogP contribution is -2.63. The molecular weight excluding hydrogens is 728 g/mol. The van der Waals surface area contributed by atoms with Crippen LogP contribution >= 0.6 is 11.6 Å². The number of aromatic nitrogens is 3. The van der Waals surface area contributed by atoms with Crippen LogP contribution in [-0.2, 0) is 9.59 Å². The maximum absolute atomic E-state index is 13.3. The molecule has 3 saturated heterocycles. The Balaban J connectivity index is 0.886. The molecule has 8 rings (SSSR count). The third-order valence-electron chi connectivity index (χ3n) is 10.0. The molecule has 18 heteroatoms. The van der Waals surface area contributed by atoms with E-state index in [1.54, 1.807) is 30.5 Å². The van der Waals surface area contributed by atoms with Gasteiger partial charge in [-0.1, -0.05) is 0 Å². The number of carbonyl (C=O) groups is 5. The fourth-order valence-electron chi connectivity index (χ4n) is 7.24. The molecule has 3 N–H and O–H groups in total. The minimum Gasteiger partial charge on any atom is -0.420 e. The van der Waals surface area contributed by atoms with Gasteiger partial charge < -0.3 is 19.9 Å². The average molecular weight is 760 g/mol. The first kappa shape index (κ1) is 35.1. The number of fused-ring (bicyclic) bond motifs is 1. The molecule has 0 saturated carbocycles. The van der Waals surface area contributed by atoms with Gasteiger partial charge in [-0.2, -0.15) is 5.10 Å². The van der Waals surface area contributed by atoms with Crippen LogP contribution in [-0.4, -0.2) is 111 Å². The molecule has 54 heavy (non-hydrogen) atoms. The molecule has 4 aliphatic rings. The third kappa shape index (κ3) is 6.82. The molecule has 0 radical (unpaired) electrons. The topological polar surface area (TPSA) is 173 Å². The monoisotopic (exact) mass is 759 g/mol. The predicted octanol–water partition coefficient (Wildman–Crippen LogP) is 3.30. The number of halogens is 3. The van der Waals surface area contributed by atoms with Crippen molar-refractivity contribution in [2.45, 2.75) is 30.5 Å². The van der Waals surface area contributed by atoms with Gasteiger partial charge in [0.25, 0.3) is 17.7 Å². The van der Waals surface area contributed by atoms with Crippen molar-refractivity contribution in [2.75, 3.05) is 54.4 Å². The number of rotatable bonds is 9. The highest BCUT2D eigenvalue weighted by Gasteiger charge is 2.45. The molecule has 1 unspecified atom stereocenters. The number of anilines is 3. The lowest BCUT2D eigenvalue weighted by Gasteiger charge is -2.49. The number of pyridine rings is 1. The van der Waals surface area contributed by atoms with Crippen LogP contribution in [0, 0.1) is 0 Å². The molecule has 0 bridgehead atoms. The number of nitrogens with one attached hydrogen (secondary N) is 3. The van der Waals surface area contributed by atoms with E-state index in [0.29, 0.717) is 48.9 Å². The lowest BCUT2D eigenvalue weighted by molar-refractivity contribution is -0.136. The number of ether oxygens (including phenoxy) is 1. The van der Waals surface area contributed by atoms with E-state index < -0.39 is 41.1 Å². The van der Waals surface area contributed by atoms with Gasteiger partial charge in [0.15, 0.2) is 0 Å². The van der Waals surface area contributed by atoms with Crippen LogP contribution in [0.4, 0.5) is 26.0 Å². The number of H-pyrrole nitrogens is 1. The van der Waals surface area contributed by atoms with Gasteiger partial charge in [-0.25, -0.2) is 4.98 Å². The maximum atomic E-state index is 13.3. The number of aromatic amines is 1. The maximum Gasteiger partial charge on any atom is 0.487 e. The minimum absolute atomic E-state index is 0.0616. The zero-order valence-electron chi connectivity index (χ0n) is 28.4. The van der Waals surface area contributed by atoms with Gasteiger partial charge >= 0.3 is 5.57 Å². The Morgan fingerprint density at radius 3 is 2.33 bits per heavy atom. The molecule has 0 aliphatic carbocycles.